The van der Waals surface area contributed by atoms with Crippen molar-refractivity contribution >= 4 is 34.9 Å². The Morgan fingerprint density at radius 3 is 2.44 bits per heavy atom. The molecule has 1 amide bonds. The minimum Gasteiger partial charge on any atom is -0.493 e. The minimum atomic E-state index is -0.609. The fourth-order valence-electron chi connectivity index (χ4n) is 2.03. The van der Waals surface area contributed by atoms with E-state index in [9.17, 15) is 18.8 Å². The van der Waals surface area contributed by atoms with Crippen LogP contribution in [-0.2, 0) is 14.3 Å². The molecule has 2 rings (SSSR count). The first-order valence-electron chi connectivity index (χ1n) is 7.99. The van der Waals surface area contributed by atoms with Crippen molar-refractivity contribution in [3.05, 3.63) is 58.9 Å². The van der Waals surface area contributed by atoms with E-state index < -0.39 is 24.3 Å². The number of carbonyl (C=O) groups is 3. The number of ether oxygens (including phenoxy) is 2. The highest BCUT2D eigenvalue weighted by molar-refractivity contribution is 6.31. The molecule has 0 spiro atoms. The summed E-state index contributed by atoms with van der Waals surface area (Å²) < 4.78 is 23.3. The van der Waals surface area contributed by atoms with E-state index in [1.165, 1.54) is 19.1 Å². The average Bonchev–Trinajstić information content (AvgIpc) is 2.63. The van der Waals surface area contributed by atoms with E-state index in [4.69, 9.17) is 21.1 Å². The summed E-state index contributed by atoms with van der Waals surface area (Å²) in [6, 6.07) is 10.2. The van der Waals surface area contributed by atoms with Gasteiger partial charge in [0.05, 0.1) is 18.1 Å². The van der Waals surface area contributed by atoms with E-state index in [-0.39, 0.29) is 23.8 Å². The number of esters is 1. The van der Waals surface area contributed by atoms with Gasteiger partial charge in [0.15, 0.2) is 12.4 Å². The molecule has 0 fully saturated rings. The number of hydrogen-bond donors (Lipinski definition) is 1. The number of ketones is 1. The first-order chi connectivity index (χ1) is 12.8. The fraction of sp³-hybridized carbons (Fsp3) is 0.211. The largest absolute Gasteiger partial charge is 0.493 e. The van der Waals surface area contributed by atoms with E-state index in [0.29, 0.717) is 17.0 Å². The topological polar surface area (TPSA) is 81.7 Å². The predicted octanol–water partition coefficient (Wildman–Crippen LogP) is 3.63. The third kappa shape index (κ3) is 6.71. The van der Waals surface area contributed by atoms with Crippen molar-refractivity contribution in [3.63, 3.8) is 0 Å². The summed E-state index contributed by atoms with van der Waals surface area (Å²) in [4.78, 5) is 34.5. The van der Waals surface area contributed by atoms with Crippen LogP contribution in [0.4, 0.5) is 10.1 Å². The zero-order chi connectivity index (χ0) is 19.8. The second-order valence-corrected chi connectivity index (χ2v) is 5.92. The molecule has 0 saturated carbocycles. The summed E-state index contributed by atoms with van der Waals surface area (Å²) in [6.45, 7) is 1.04. The number of benzene rings is 2. The van der Waals surface area contributed by atoms with E-state index in [2.05, 4.69) is 5.32 Å². The quantitative estimate of drug-likeness (QED) is 0.547. The second kappa shape index (κ2) is 9.68. The molecule has 0 unspecified atom stereocenters. The minimum absolute atomic E-state index is 0.0497. The lowest BCUT2D eigenvalue weighted by Gasteiger charge is -2.08. The summed E-state index contributed by atoms with van der Waals surface area (Å²) in [7, 11) is 0. The molecule has 142 valence electrons. The third-order valence-electron chi connectivity index (χ3n) is 3.40. The van der Waals surface area contributed by atoms with Gasteiger partial charge >= 0.3 is 5.97 Å². The van der Waals surface area contributed by atoms with E-state index in [1.54, 1.807) is 24.3 Å². The van der Waals surface area contributed by atoms with Crippen LogP contribution in [0.1, 0.15) is 23.7 Å². The normalized spacial score (nSPS) is 10.2. The van der Waals surface area contributed by atoms with Crippen LogP contribution >= 0.6 is 11.6 Å². The second-order valence-electron chi connectivity index (χ2n) is 5.52. The third-order valence-corrected chi connectivity index (χ3v) is 3.69. The molecule has 0 saturated heterocycles. The van der Waals surface area contributed by atoms with Crippen LogP contribution in [0.3, 0.4) is 0 Å². The molecular weight excluding hydrogens is 377 g/mol. The lowest BCUT2D eigenvalue weighted by Crippen LogP contribution is -2.21. The molecule has 2 aromatic rings. The van der Waals surface area contributed by atoms with Gasteiger partial charge in [-0.05, 0) is 49.4 Å². The van der Waals surface area contributed by atoms with Gasteiger partial charge in [0.1, 0.15) is 11.6 Å². The van der Waals surface area contributed by atoms with E-state index in [0.717, 1.165) is 6.07 Å². The number of Topliss-reactive ketones (excluding diaryl/α,β-unsaturated/α-hetero) is 1. The smallest absolute Gasteiger partial charge is 0.309 e. The number of nitrogens with one attached hydrogen (secondary N) is 1. The van der Waals surface area contributed by atoms with E-state index in [1.807, 2.05) is 0 Å². The number of anilines is 1. The average molecular weight is 394 g/mol. The van der Waals surface area contributed by atoms with Gasteiger partial charge in [-0.1, -0.05) is 11.6 Å². The maximum atomic E-state index is 13.0. The Hall–Kier alpha value is -2.93. The number of hydrogen-bond acceptors (Lipinski definition) is 5. The number of amides is 1. The Morgan fingerprint density at radius 2 is 1.81 bits per heavy atom. The molecule has 1 N–H and O–H groups in total. The predicted molar refractivity (Wildman–Crippen MR) is 97.6 cm³/mol. The first-order valence-corrected chi connectivity index (χ1v) is 8.37. The Bertz CT molecular complexity index is 838. The van der Waals surface area contributed by atoms with Crippen molar-refractivity contribution in [2.45, 2.75) is 13.3 Å². The molecule has 0 atom stereocenters. The summed E-state index contributed by atoms with van der Waals surface area (Å²) in [5, 5.41) is 2.31. The van der Waals surface area contributed by atoms with Crippen molar-refractivity contribution < 1.29 is 28.2 Å². The highest BCUT2D eigenvalue weighted by Gasteiger charge is 2.10. The van der Waals surface area contributed by atoms with Crippen LogP contribution < -0.4 is 10.1 Å². The van der Waals surface area contributed by atoms with Crippen LogP contribution in [0.5, 0.6) is 5.75 Å². The molecule has 0 aliphatic heterocycles. The summed E-state index contributed by atoms with van der Waals surface area (Å²) in [5.41, 5.74) is 0.856. The van der Waals surface area contributed by atoms with Gasteiger partial charge in [-0.3, -0.25) is 14.4 Å². The zero-order valence-corrected chi connectivity index (χ0v) is 15.2. The van der Waals surface area contributed by atoms with Gasteiger partial charge in [0, 0.05) is 11.3 Å². The molecule has 0 aliphatic carbocycles. The summed E-state index contributed by atoms with van der Waals surface area (Å²) in [6.07, 6.45) is -0.0515. The van der Waals surface area contributed by atoms with Gasteiger partial charge in [0.2, 0.25) is 0 Å². The van der Waals surface area contributed by atoms with Crippen LogP contribution in [0.2, 0.25) is 5.02 Å². The standard InChI is InChI=1S/C19H17ClFNO5/c1-12(23)13-2-5-15(6-3-13)26-9-8-19(25)27-11-18(24)22-14-4-7-17(21)16(20)10-14/h2-7,10H,8-9,11H2,1H3,(H,22,24). The van der Waals surface area contributed by atoms with Gasteiger partial charge in [-0.15, -0.1) is 0 Å². The van der Waals surface area contributed by atoms with Crippen LogP contribution in [0.25, 0.3) is 0 Å². The van der Waals surface area contributed by atoms with Crippen molar-refractivity contribution in [2.24, 2.45) is 0 Å². The molecule has 2 aromatic carbocycles. The van der Waals surface area contributed by atoms with E-state index >= 15 is 0 Å². The molecule has 0 bridgehead atoms. The lowest BCUT2D eigenvalue weighted by molar-refractivity contribution is -0.147. The molecule has 0 heterocycles. The highest BCUT2D eigenvalue weighted by atomic mass is 35.5. The number of rotatable bonds is 8. The molecule has 0 radical (unpaired) electrons. The Labute approximate surface area is 160 Å². The highest BCUT2D eigenvalue weighted by Crippen LogP contribution is 2.19. The van der Waals surface area contributed by atoms with Gasteiger partial charge in [0.25, 0.3) is 5.91 Å². The lowest BCUT2D eigenvalue weighted by atomic mass is 10.1. The summed E-state index contributed by atoms with van der Waals surface area (Å²) >= 11 is 5.61. The summed E-state index contributed by atoms with van der Waals surface area (Å²) in [5.74, 6) is -1.32. The Morgan fingerprint density at radius 1 is 1.11 bits per heavy atom. The van der Waals surface area contributed by atoms with Gasteiger partial charge < -0.3 is 14.8 Å². The molecular formula is C19H17ClFNO5. The molecule has 27 heavy (non-hydrogen) atoms. The zero-order valence-electron chi connectivity index (χ0n) is 14.5. The SMILES string of the molecule is CC(=O)c1ccc(OCCC(=O)OCC(=O)Nc2ccc(F)c(Cl)c2)cc1. The number of halogens is 2. The van der Waals surface area contributed by atoms with Crippen molar-refractivity contribution in [1.29, 1.82) is 0 Å². The Kier molecular flexibility index (Phi) is 7.31. The monoisotopic (exact) mass is 393 g/mol. The number of carbonyl (C=O) groups excluding carboxylic acids is 3. The Balaban J connectivity index is 1.68. The first kappa shape index (κ1) is 20.4. The maximum absolute atomic E-state index is 13.0. The van der Waals surface area contributed by atoms with Gasteiger partial charge in [-0.2, -0.15) is 0 Å². The van der Waals surface area contributed by atoms with Crippen LogP contribution in [0.15, 0.2) is 42.5 Å². The molecule has 8 heteroatoms. The molecule has 0 aliphatic rings. The fourth-order valence-corrected chi connectivity index (χ4v) is 2.21. The van der Waals surface area contributed by atoms with Crippen molar-refractivity contribution in [2.75, 3.05) is 18.5 Å². The maximum Gasteiger partial charge on any atom is 0.309 e. The van der Waals surface area contributed by atoms with Crippen LogP contribution in [-0.4, -0.2) is 30.9 Å². The molecule has 0 aromatic heterocycles. The molecule has 6 nitrogen and oxygen atoms in total. The van der Waals surface area contributed by atoms with Gasteiger partial charge in [-0.25, -0.2) is 4.39 Å². The van der Waals surface area contributed by atoms with Crippen LogP contribution in [0, 0.1) is 5.82 Å². The van der Waals surface area contributed by atoms with Crippen molar-refractivity contribution in [1.82, 2.24) is 0 Å². The van der Waals surface area contributed by atoms with Crippen molar-refractivity contribution in [3.8, 4) is 5.75 Å².